The molecule has 2 heterocycles. The van der Waals surface area contributed by atoms with Crippen molar-refractivity contribution in [1.29, 1.82) is 0 Å². The van der Waals surface area contributed by atoms with E-state index >= 15 is 0 Å². The van der Waals surface area contributed by atoms with E-state index in [0.717, 1.165) is 16.6 Å². The Bertz CT molecular complexity index is 1130. The molecular formula is C18H19N5O4S. The molecule has 9 nitrogen and oxygen atoms in total. The number of nitro groups is 1. The van der Waals surface area contributed by atoms with Gasteiger partial charge in [0.25, 0.3) is 5.69 Å². The van der Waals surface area contributed by atoms with Crippen LogP contribution >= 0.6 is 0 Å². The second-order valence-electron chi connectivity index (χ2n) is 6.91. The van der Waals surface area contributed by atoms with Gasteiger partial charge in [-0.1, -0.05) is 11.3 Å². The van der Waals surface area contributed by atoms with Crippen molar-refractivity contribution >= 4 is 26.7 Å². The number of non-ortho nitro benzene ring substituents is 1. The molecule has 0 spiro atoms. The molecule has 0 bridgehead atoms. The number of hydrogen-bond acceptors (Lipinski definition) is 6. The molecule has 1 saturated heterocycles. The highest BCUT2D eigenvalue weighted by Crippen LogP contribution is 2.29. The Morgan fingerprint density at radius 2 is 1.79 bits per heavy atom. The predicted molar refractivity (Wildman–Crippen MR) is 102 cm³/mol. The van der Waals surface area contributed by atoms with Gasteiger partial charge in [0.15, 0.2) is 0 Å². The van der Waals surface area contributed by atoms with E-state index in [9.17, 15) is 18.5 Å². The first-order valence-electron chi connectivity index (χ1n) is 8.92. The Kier molecular flexibility index (Phi) is 4.60. The fourth-order valence-electron chi connectivity index (χ4n) is 3.54. The van der Waals surface area contributed by atoms with Crippen LogP contribution in [-0.4, -0.2) is 45.7 Å². The van der Waals surface area contributed by atoms with Crippen molar-refractivity contribution in [2.45, 2.75) is 30.7 Å². The Labute approximate surface area is 161 Å². The summed E-state index contributed by atoms with van der Waals surface area (Å²) in [6.45, 7) is 2.72. The molecule has 0 radical (unpaired) electrons. The topological polar surface area (TPSA) is 111 Å². The van der Waals surface area contributed by atoms with E-state index in [-0.39, 0.29) is 16.6 Å². The van der Waals surface area contributed by atoms with Crippen LogP contribution in [0.25, 0.3) is 11.0 Å². The molecule has 3 aromatic rings. The van der Waals surface area contributed by atoms with Gasteiger partial charge in [-0.25, -0.2) is 13.1 Å². The summed E-state index contributed by atoms with van der Waals surface area (Å²) >= 11 is 0. The summed E-state index contributed by atoms with van der Waals surface area (Å²) in [7, 11) is -3.68. The predicted octanol–water partition coefficient (Wildman–Crippen LogP) is 2.67. The number of aryl methyl sites for hydroxylation is 1. The number of benzene rings is 2. The van der Waals surface area contributed by atoms with Crippen LogP contribution in [0.3, 0.4) is 0 Å². The lowest BCUT2D eigenvalue weighted by molar-refractivity contribution is -0.384. The number of hydrogen-bond donors (Lipinski definition) is 0. The third-order valence-electron chi connectivity index (χ3n) is 5.08. The van der Waals surface area contributed by atoms with E-state index in [2.05, 4.69) is 10.3 Å². The summed E-state index contributed by atoms with van der Waals surface area (Å²) in [4.78, 5) is 10.3. The fourth-order valence-corrected chi connectivity index (χ4v) is 5.01. The van der Waals surface area contributed by atoms with Crippen molar-refractivity contribution in [1.82, 2.24) is 19.3 Å². The molecule has 0 amide bonds. The van der Waals surface area contributed by atoms with Gasteiger partial charge in [-0.15, -0.1) is 5.10 Å². The lowest BCUT2D eigenvalue weighted by Gasteiger charge is -2.31. The average molecular weight is 401 g/mol. The second kappa shape index (κ2) is 6.95. The molecule has 1 aromatic heterocycles. The maximum atomic E-state index is 12.8. The van der Waals surface area contributed by atoms with Crippen LogP contribution in [0, 0.1) is 17.0 Å². The Hall–Kier alpha value is -2.85. The first-order valence-corrected chi connectivity index (χ1v) is 10.4. The quantitative estimate of drug-likeness (QED) is 0.491. The Morgan fingerprint density at radius 1 is 1.11 bits per heavy atom. The van der Waals surface area contributed by atoms with E-state index in [0.29, 0.717) is 25.9 Å². The number of sulfonamides is 1. The molecule has 2 aromatic carbocycles. The van der Waals surface area contributed by atoms with Gasteiger partial charge in [0, 0.05) is 25.2 Å². The normalized spacial score (nSPS) is 16.5. The Balaban J connectivity index is 1.50. The SMILES string of the molecule is Cc1ccc2c(c1)nnn2C1CCN(S(=O)(=O)c2ccc([N+](=O)[O-])cc2)CC1. The van der Waals surface area contributed by atoms with Crippen LogP contribution in [-0.2, 0) is 10.0 Å². The summed E-state index contributed by atoms with van der Waals surface area (Å²) in [5, 5.41) is 19.2. The smallest absolute Gasteiger partial charge is 0.258 e. The van der Waals surface area contributed by atoms with Gasteiger partial charge >= 0.3 is 0 Å². The van der Waals surface area contributed by atoms with Gasteiger partial charge in [0.2, 0.25) is 10.0 Å². The lowest BCUT2D eigenvalue weighted by Crippen LogP contribution is -2.39. The van der Waals surface area contributed by atoms with Gasteiger partial charge in [0.1, 0.15) is 5.52 Å². The van der Waals surface area contributed by atoms with Crippen molar-refractivity contribution < 1.29 is 13.3 Å². The third kappa shape index (κ3) is 3.25. The maximum absolute atomic E-state index is 12.8. The van der Waals surface area contributed by atoms with Crippen molar-refractivity contribution in [3.8, 4) is 0 Å². The van der Waals surface area contributed by atoms with Gasteiger partial charge < -0.3 is 0 Å². The van der Waals surface area contributed by atoms with Crippen molar-refractivity contribution in [3.05, 3.63) is 58.1 Å². The molecule has 0 N–H and O–H groups in total. The van der Waals surface area contributed by atoms with E-state index in [1.807, 2.05) is 29.8 Å². The van der Waals surface area contributed by atoms with E-state index < -0.39 is 14.9 Å². The number of nitro benzene ring substituents is 1. The average Bonchev–Trinajstić information content (AvgIpc) is 3.11. The molecule has 1 fully saturated rings. The van der Waals surface area contributed by atoms with Crippen LogP contribution in [0.1, 0.15) is 24.4 Å². The van der Waals surface area contributed by atoms with E-state index in [1.54, 1.807) is 0 Å². The summed E-state index contributed by atoms with van der Waals surface area (Å²) < 4.78 is 29.0. The number of rotatable bonds is 4. The highest BCUT2D eigenvalue weighted by molar-refractivity contribution is 7.89. The number of aromatic nitrogens is 3. The van der Waals surface area contributed by atoms with Crippen LogP contribution in [0.5, 0.6) is 0 Å². The minimum Gasteiger partial charge on any atom is -0.258 e. The number of fused-ring (bicyclic) bond motifs is 1. The summed E-state index contributed by atoms with van der Waals surface area (Å²) in [6, 6.07) is 11.1. The summed E-state index contributed by atoms with van der Waals surface area (Å²) in [5.41, 5.74) is 2.76. The minimum atomic E-state index is -3.68. The standard InChI is InChI=1S/C18H19N5O4S/c1-13-2-7-18-17(12-13)19-20-22(18)14-8-10-21(11-9-14)28(26,27)16-5-3-15(4-6-16)23(24)25/h2-7,12,14H,8-11H2,1H3. The molecule has 0 atom stereocenters. The molecule has 0 saturated carbocycles. The second-order valence-corrected chi connectivity index (χ2v) is 8.85. The zero-order chi connectivity index (χ0) is 19.9. The number of nitrogens with zero attached hydrogens (tertiary/aromatic N) is 5. The van der Waals surface area contributed by atoms with E-state index in [4.69, 9.17) is 0 Å². The van der Waals surface area contributed by atoms with E-state index in [1.165, 1.54) is 28.6 Å². The van der Waals surface area contributed by atoms with Gasteiger partial charge in [-0.3, -0.25) is 10.1 Å². The molecule has 10 heteroatoms. The first kappa shape index (κ1) is 18.5. The monoisotopic (exact) mass is 401 g/mol. The molecule has 1 aliphatic rings. The van der Waals surface area contributed by atoms with Crippen molar-refractivity contribution in [2.75, 3.05) is 13.1 Å². The minimum absolute atomic E-state index is 0.0678. The van der Waals surface area contributed by atoms with Crippen molar-refractivity contribution in [2.24, 2.45) is 0 Å². The largest absolute Gasteiger partial charge is 0.269 e. The first-order chi connectivity index (χ1) is 13.4. The van der Waals surface area contributed by atoms with Gasteiger partial charge in [-0.2, -0.15) is 4.31 Å². The highest BCUT2D eigenvalue weighted by Gasteiger charge is 2.31. The molecule has 0 unspecified atom stereocenters. The van der Waals surface area contributed by atoms with Crippen LogP contribution in [0.15, 0.2) is 47.4 Å². The third-order valence-corrected chi connectivity index (χ3v) is 6.99. The molecule has 0 aliphatic carbocycles. The summed E-state index contributed by atoms with van der Waals surface area (Å²) in [6.07, 6.45) is 1.25. The fraction of sp³-hybridized carbons (Fsp3) is 0.333. The van der Waals surface area contributed by atoms with Gasteiger partial charge in [-0.05, 0) is 49.6 Å². The highest BCUT2D eigenvalue weighted by atomic mass is 32.2. The molecule has 1 aliphatic heterocycles. The number of piperidine rings is 1. The lowest BCUT2D eigenvalue weighted by atomic mass is 10.1. The molecule has 4 rings (SSSR count). The van der Waals surface area contributed by atoms with Crippen molar-refractivity contribution in [3.63, 3.8) is 0 Å². The zero-order valence-corrected chi connectivity index (χ0v) is 16.0. The molecular weight excluding hydrogens is 382 g/mol. The van der Waals surface area contributed by atoms with Crippen LogP contribution < -0.4 is 0 Å². The van der Waals surface area contributed by atoms with Crippen LogP contribution in [0.4, 0.5) is 5.69 Å². The zero-order valence-electron chi connectivity index (χ0n) is 15.2. The molecule has 28 heavy (non-hydrogen) atoms. The molecule has 146 valence electrons. The summed E-state index contributed by atoms with van der Waals surface area (Å²) in [5.74, 6) is 0. The Morgan fingerprint density at radius 3 is 2.43 bits per heavy atom. The maximum Gasteiger partial charge on any atom is 0.269 e. The van der Waals surface area contributed by atoms with Gasteiger partial charge in [0.05, 0.1) is 21.4 Å². The van der Waals surface area contributed by atoms with Crippen LogP contribution in [0.2, 0.25) is 0 Å².